The molecule has 1 aliphatic rings. The van der Waals surface area contributed by atoms with Gasteiger partial charge in [0.2, 0.25) is 0 Å². The van der Waals surface area contributed by atoms with Crippen molar-refractivity contribution in [1.82, 2.24) is 4.90 Å². The molecule has 2 rings (SSSR count). The van der Waals surface area contributed by atoms with Gasteiger partial charge in [-0.15, -0.1) is 0 Å². The zero-order valence-corrected chi connectivity index (χ0v) is 12.9. The molecule has 0 aromatic heterocycles. The minimum atomic E-state index is -0.787. The fourth-order valence-corrected chi connectivity index (χ4v) is 3.51. The van der Waals surface area contributed by atoms with Crippen LogP contribution in [0.5, 0.6) is 0 Å². The second-order valence-electron chi connectivity index (χ2n) is 6.11. The zero-order valence-electron chi connectivity index (χ0n) is 12.9. The minimum absolute atomic E-state index is 0.0100. The smallest absolute Gasteiger partial charge is 0.159 e. The van der Waals surface area contributed by atoms with Gasteiger partial charge in [0.05, 0.1) is 0 Å². The van der Waals surface area contributed by atoms with Gasteiger partial charge < -0.3 is 5.73 Å². The van der Waals surface area contributed by atoms with Gasteiger partial charge in [0.1, 0.15) is 0 Å². The fourth-order valence-electron chi connectivity index (χ4n) is 3.51. The Balaban J connectivity index is 2.18. The van der Waals surface area contributed by atoms with Crippen LogP contribution in [-0.4, -0.2) is 23.5 Å². The average molecular weight is 296 g/mol. The van der Waals surface area contributed by atoms with Crippen molar-refractivity contribution >= 4 is 0 Å². The number of nitrogens with two attached hydrogens (primary N) is 1. The number of hydrogen-bond acceptors (Lipinski definition) is 2. The Hall–Kier alpha value is -1.00. The molecule has 2 nitrogen and oxygen atoms in total. The molecule has 1 fully saturated rings. The van der Waals surface area contributed by atoms with Gasteiger partial charge in [-0.25, -0.2) is 8.78 Å². The molecule has 0 amide bonds. The van der Waals surface area contributed by atoms with Crippen molar-refractivity contribution in [3.63, 3.8) is 0 Å². The van der Waals surface area contributed by atoms with Crippen molar-refractivity contribution in [3.8, 4) is 0 Å². The molecular formula is C17H26F2N2. The highest BCUT2D eigenvalue weighted by atomic mass is 19.2. The van der Waals surface area contributed by atoms with Crippen molar-refractivity contribution in [2.24, 2.45) is 5.73 Å². The van der Waals surface area contributed by atoms with Gasteiger partial charge in [-0.1, -0.05) is 38.7 Å². The maximum Gasteiger partial charge on any atom is 0.159 e. The minimum Gasteiger partial charge on any atom is -0.329 e. The molecule has 118 valence electrons. The normalized spacial score (nSPS) is 18.7. The number of halogens is 2. The first-order valence-electron chi connectivity index (χ1n) is 8.00. The van der Waals surface area contributed by atoms with E-state index in [2.05, 4.69) is 11.8 Å². The predicted octanol–water partition coefficient (Wildman–Crippen LogP) is 3.84. The number of likely N-dealkylation sites (N-methyl/N-ethyl adjacent to an activating group) is 1. The van der Waals surface area contributed by atoms with Crippen LogP contribution in [0.4, 0.5) is 8.78 Å². The van der Waals surface area contributed by atoms with Crippen LogP contribution in [-0.2, 0) is 6.54 Å². The lowest BCUT2D eigenvalue weighted by molar-refractivity contribution is 0.0755. The summed E-state index contributed by atoms with van der Waals surface area (Å²) in [6, 6.07) is 4.18. The molecule has 0 radical (unpaired) electrons. The van der Waals surface area contributed by atoms with Crippen molar-refractivity contribution in [2.75, 3.05) is 13.1 Å². The largest absolute Gasteiger partial charge is 0.329 e. The Morgan fingerprint density at radius 3 is 2.29 bits per heavy atom. The second kappa shape index (κ2) is 7.32. The molecule has 0 atom stereocenters. The first kappa shape index (κ1) is 16.4. The standard InChI is InChI=1S/C17H26F2N2/c1-2-21(12-14-7-8-15(18)16(19)11-14)17(13-20)9-5-3-4-6-10-17/h7-8,11H,2-6,9-10,12-13,20H2,1H3. The summed E-state index contributed by atoms with van der Waals surface area (Å²) in [5.41, 5.74) is 6.94. The molecule has 0 bridgehead atoms. The summed E-state index contributed by atoms with van der Waals surface area (Å²) in [6.07, 6.45) is 7.13. The Morgan fingerprint density at radius 2 is 1.76 bits per heavy atom. The van der Waals surface area contributed by atoms with Gasteiger partial charge in [0.15, 0.2) is 11.6 Å². The summed E-state index contributed by atoms with van der Waals surface area (Å²) in [7, 11) is 0. The van der Waals surface area contributed by atoms with Crippen LogP contribution < -0.4 is 5.73 Å². The van der Waals surface area contributed by atoms with E-state index >= 15 is 0 Å². The van der Waals surface area contributed by atoms with Gasteiger partial charge >= 0.3 is 0 Å². The van der Waals surface area contributed by atoms with E-state index in [0.29, 0.717) is 13.1 Å². The van der Waals surface area contributed by atoms with E-state index in [-0.39, 0.29) is 5.54 Å². The Bertz CT molecular complexity index is 454. The summed E-state index contributed by atoms with van der Waals surface area (Å²) in [5, 5.41) is 0. The van der Waals surface area contributed by atoms with E-state index in [0.717, 1.165) is 24.9 Å². The first-order valence-corrected chi connectivity index (χ1v) is 8.00. The summed E-state index contributed by atoms with van der Waals surface area (Å²) < 4.78 is 26.5. The average Bonchev–Trinajstić information content (AvgIpc) is 2.74. The number of benzene rings is 1. The molecule has 1 aromatic carbocycles. The Morgan fingerprint density at radius 1 is 1.10 bits per heavy atom. The van der Waals surface area contributed by atoms with Crippen molar-refractivity contribution in [3.05, 3.63) is 35.4 Å². The molecule has 2 N–H and O–H groups in total. The van der Waals surface area contributed by atoms with Crippen LogP contribution in [0.25, 0.3) is 0 Å². The molecule has 0 unspecified atom stereocenters. The molecule has 21 heavy (non-hydrogen) atoms. The van der Waals surface area contributed by atoms with Gasteiger partial charge in [-0.3, -0.25) is 4.90 Å². The van der Waals surface area contributed by atoms with Crippen LogP contribution in [0.3, 0.4) is 0 Å². The molecule has 0 spiro atoms. The number of hydrogen-bond donors (Lipinski definition) is 1. The summed E-state index contributed by atoms with van der Waals surface area (Å²) in [4.78, 5) is 2.35. The predicted molar refractivity (Wildman–Crippen MR) is 81.9 cm³/mol. The fraction of sp³-hybridized carbons (Fsp3) is 0.647. The first-order chi connectivity index (χ1) is 10.1. The molecule has 1 aliphatic carbocycles. The molecule has 1 aromatic rings. The SMILES string of the molecule is CCN(Cc1ccc(F)c(F)c1)C1(CN)CCCCCC1. The maximum absolute atomic E-state index is 13.4. The molecule has 1 saturated carbocycles. The third kappa shape index (κ3) is 3.80. The maximum atomic E-state index is 13.4. The third-order valence-electron chi connectivity index (χ3n) is 4.82. The van der Waals surface area contributed by atoms with Gasteiger partial charge in [-0.05, 0) is 37.1 Å². The second-order valence-corrected chi connectivity index (χ2v) is 6.11. The molecule has 0 aliphatic heterocycles. The summed E-state index contributed by atoms with van der Waals surface area (Å²) >= 11 is 0. The van der Waals surface area contributed by atoms with E-state index in [1.807, 2.05) is 0 Å². The topological polar surface area (TPSA) is 29.3 Å². The summed E-state index contributed by atoms with van der Waals surface area (Å²) in [6.45, 7) is 4.24. The third-order valence-corrected chi connectivity index (χ3v) is 4.82. The van der Waals surface area contributed by atoms with E-state index < -0.39 is 11.6 Å². The van der Waals surface area contributed by atoms with E-state index in [9.17, 15) is 8.78 Å². The monoisotopic (exact) mass is 296 g/mol. The van der Waals surface area contributed by atoms with E-state index in [1.165, 1.54) is 37.8 Å². The van der Waals surface area contributed by atoms with Gasteiger partial charge in [0, 0.05) is 18.6 Å². The number of nitrogens with zero attached hydrogens (tertiary/aromatic N) is 1. The number of rotatable bonds is 5. The summed E-state index contributed by atoms with van der Waals surface area (Å²) in [5.74, 6) is -1.56. The van der Waals surface area contributed by atoms with Crippen molar-refractivity contribution < 1.29 is 8.78 Å². The Labute approximate surface area is 126 Å². The quantitative estimate of drug-likeness (QED) is 0.837. The van der Waals surface area contributed by atoms with E-state index in [1.54, 1.807) is 6.07 Å². The highest BCUT2D eigenvalue weighted by Crippen LogP contribution is 2.33. The van der Waals surface area contributed by atoms with E-state index in [4.69, 9.17) is 5.73 Å². The molecule has 4 heteroatoms. The van der Waals surface area contributed by atoms with Crippen LogP contribution in [0.15, 0.2) is 18.2 Å². The van der Waals surface area contributed by atoms with Crippen LogP contribution in [0, 0.1) is 11.6 Å². The van der Waals surface area contributed by atoms with Crippen molar-refractivity contribution in [1.29, 1.82) is 0 Å². The van der Waals surface area contributed by atoms with Crippen molar-refractivity contribution in [2.45, 2.75) is 57.5 Å². The van der Waals surface area contributed by atoms with Gasteiger partial charge in [0.25, 0.3) is 0 Å². The van der Waals surface area contributed by atoms with Crippen LogP contribution >= 0.6 is 0 Å². The lowest BCUT2D eigenvalue weighted by Gasteiger charge is -2.43. The van der Waals surface area contributed by atoms with Gasteiger partial charge in [-0.2, -0.15) is 0 Å². The molecule has 0 heterocycles. The van der Waals surface area contributed by atoms with Crippen LogP contribution in [0.2, 0.25) is 0 Å². The Kier molecular flexibility index (Phi) is 5.71. The molecule has 0 saturated heterocycles. The zero-order chi connectivity index (χ0) is 15.3. The van der Waals surface area contributed by atoms with Crippen LogP contribution in [0.1, 0.15) is 51.0 Å². The molecular weight excluding hydrogens is 270 g/mol. The lowest BCUT2D eigenvalue weighted by atomic mass is 9.87. The lowest BCUT2D eigenvalue weighted by Crippen LogP contribution is -2.53. The highest BCUT2D eigenvalue weighted by Gasteiger charge is 2.34. The highest BCUT2D eigenvalue weighted by molar-refractivity contribution is 5.18.